The SMILES string of the molecule is CCNc1cc(C)ncc1C(=O)NCCc1noc(C)n1. The van der Waals surface area contributed by atoms with Crippen LogP contribution >= 0.6 is 0 Å². The Morgan fingerprint density at radius 1 is 1.38 bits per heavy atom. The van der Waals surface area contributed by atoms with Gasteiger partial charge in [-0.25, -0.2) is 0 Å². The molecule has 0 fully saturated rings. The van der Waals surface area contributed by atoms with Gasteiger partial charge in [-0.2, -0.15) is 4.98 Å². The van der Waals surface area contributed by atoms with E-state index in [1.807, 2.05) is 19.9 Å². The Labute approximate surface area is 123 Å². The number of aromatic nitrogens is 3. The van der Waals surface area contributed by atoms with Crippen molar-refractivity contribution in [3.05, 3.63) is 35.2 Å². The van der Waals surface area contributed by atoms with E-state index in [-0.39, 0.29) is 5.91 Å². The van der Waals surface area contributed by atoms with Gasteiger partial charge >= 0.3 is 0 Å². The fourth-order valence-electron chi connectivity index (χ4n) is 1.90. The third kappa shape index (κ3) is 4.01. The predicted octanol–water partition coefficient (Wildman–Crippen LogP) is 1.49. The molecule has 2 aromatic heterocycles. The molecule has 2 heterocycles. The van der Waals surface area contributed by atoms with Gasteiger partial charge in [-0.3, -0.25) is 9.78 Å². The third-order valence-electron chi connectivity index (χ3n) is 2.86. The number of anilines is 1. The number of hydrogen-bond donors (Lipinski definition) is 2. The van der Waals surface area contributed by atoms with Crippen molar-refractivity contribution in [2.24, 2.45) is 0 Å². The topological polar surface area (TPSA) is 92.9 Å². The second-order valence-electron chi connectivity index (χ2n) is 4.64. The van der Waals surface area contributed by atoms with Gasteiger partial charge in [0.2, 0.25) is 5.89 Å². The summed E-state index contributed by atoms with van der Waals surface area (Å²) in [5, 5.41) is 9.78. The summed E-state index contributed by atoms with van der Waals surface area (Å²) in [7, 11) is 0. The number of nitrogens with zero attached hydrogens (tertiary/aromatic N) is 3. The third-order valence-corrected chi connectivity index (χ3v) is 2.86. The summed E-state index contributed by atoms with van der Waals surface area (Å²) >= 11 is 0. The lowest BCUT2D eigenvalue weighted by Gasteiger charge is -2.11. The standard InChI is InChI=1S/C14H19N5O2/c1-4-15-12-7-9(2)17-8-11(12)14(20)16-6-5-13-18-10(3)21-19-13/h7-8H,4-6H2,1-3H3,(H,15,17)(H,16,20). The Hall–Kier alpha value is -2.44. The number of amides is 1. The molecule has 0 radical (unpaired) electrons. The molecule has 0 saturated carbocycles. The second kappa shape index (κ2) is 6.83. The van der Waals surface area contributed by atoms with E-state index in [1.54, 1.807) is 13.1 Å². The molecule has 0 atom stereocenters. The Balaban J connectivity index is 1.96. The smallest absolute Gasteiger partial charge is 0.254 e. The first-order valence-electron chi connectivity index (χ1n) is 6.88. The van der Waals surface area contributed by atoms with E-state index in [9.17, 15) is 4.79 Å². The lowest BCUT2D eigenvalue weighted by Crippen LogP contribution is -2.27. The first kappa shape index (κ1) is 15.0. The lowest BCUT2D eigenvalue weighted by atomic mass is 10.2. The van der Waals surface area contributed by atoms with E-state index in [2.05, 4.69) is 25.8 Å². The van der Waals surface area contributed by atoms with Crippen LogP contribution in [-0.2, 0) is 6.42 Å². The van der Waals surface area contributed by atoms with Crippen molar-refractivity contribution in [2.45, 2.75) is 27.2 Å². The molecule has 0 bridgehead atoms. The van der Waals surface area contributed by atoms with E-state index in [0.717, 1.165) is 17.9 Å². The van der Waals surface area contributed by atoms with Crippen LogP contribution in [0.5, 0.6) is 0 Å². The number of hydrogen-bond acceptors (Lipinski definition) is 6. The summed E-state index contributed by atoms with van der Waals surface area (Å²) in [5.74, 6) is 0.939. The van der Waals surface area contributed by atoms with Crippen LogP contribution < -0.4 is 10.6 Å². The predicted molar refractivity (Wildman–Crippen MR) is 78.2 cm³/mol. The molecule has 7 nitrogen and oxygen atoms in total. The Kier molecular flexibility index (Phi) is 4.86. The molecule has 0 saturated heterocycles. The summed E-state index contributed by atoms with van der Waals surface area (Å²) in [6.07, 6.45) is 2.11. The van der Waals surface area contributed by atoms with E-state index >= 15 is 0 Å². The summed E-state index contributed by atoms with van der Waals surface area (Å²) in [6.45, 7) is 6.79. The van der Waals surface area contributed by atoms with Crippen molar-refractivity contribution < 1.29 is 9.32 Å². The zero-order chi connectivity index (χ0) is 15.2. The molecule has 0 aliphatic carbocycles. The van der Waals surface area contributed by atoms with Gasteiger partial charge < -0.3 is 15.2 Å². The van der Waals surface area contributed by atoms with Gasteiger partial charge in [-0.15, -0.1) is 0 Å². The number of pyridine rings is 1. The van der Waals surface area contributed by atoms with Crippen molar-refractivity contribution in [1.82, 2.24) is 20.4 Å². The van der Waals surface area contributed by atoms with Crippen LogP contribution in [0.3, 0.4) is 0 Å². The molecule has 0 aromatic carbocycles. The first-order valence-corrected chi connectivity index (χ1v) is 6.88. The van der Waals surface area contributed by atoms with Gasteiger partial charge in [0.15, 0.2) is 5.82 Å². The molecule has 0 unspecified atom stereocenters. The molecule has 0 aliphatic rings. The quantitative estimate of drug-likeness (QED) is 0.837. The highest BCUT2D eigenvalue weighted by Crippen LogP contribution is 2.15. The van der Waals surface area contributed by atoms with Crippen LogP contribution in [-0.4, -0.2) is 34.1 Å². The average Bonchev–Trinajstić information content (AvgIpc) is 2.85. The first-order chi connectivity index (χ1) is 10.1. The average molecular weight is 289 g/mol. The van der Waals surface area contributed by atoms with Crippen LogP contribution in [0, 0.1) is 13.8 Å². The second-order valence-corrected chi connectivity index (χ2v) is 4.64. The Morgan fingerprint density at radius 2 is 2.19 bits per heavy atom. The summed E-state index contributed by atoms with van der Waals surface area (Å²) in [4.78, 5) is 20.4. The Bertz CT molecular complexity index is 624. The van der Waals surface area contributed by atoms with Gasteiger partial charge in [0, 0.05) is 38.3 Å². The maximum Gasteiger partial charge on any atom is 0.254 e. The van der Waals surface area contributed by atoms with Crippen molar-refractivity contribution in [1.29, 1.82) is 0 Å². The highest BCUT2D eigenvalue weighted by molar-refractivity contribution is 5.99. The van der Waals surface area contributed by atoms with E-state index in [4.69, 9.17) is 4.52 Å². The molecule has 2 aromatic rings. The lowest BCUT2D eigenvalue weighted by molar-refractivity contribution is 0.0954. The van der Waals surface area contributed by atoms with Gasteiger partial charge in [-0.1, -0.05) is 5.16 Å². The molecule has 2 rings (SSSR count). The minimum Gasteiger partial charge on any atom is -0.385 e. The van der Waals surface area contributed by atoms with Crippen molar-refractivity contribution in [3.63, 3.8) is 0 Å². The number of nitrogens with one attached hydrogen (secondary N) is 2. The van der Waals surface area contributed by atoms with Crippen LogP contribution in [0.4, 0.5) is 5.69 Å². The van der Waals surface area contributed by atoms with Crippen LogP contribution in [0.15, 0.2) is 16.8 Å². The summed E-state index contributed by atoms with van der Waals surface area (Å²) < 4.78 is 4.88. The maximum absolute atomic E-state index is 12.2. The number of carbonyl (C=O) groups excluding carboxylic acids is 1. The molecular formula is C14H19N5O2. The minimum atomic E-state index is -0.168. The van der Waals surface area contributed by atoms with Gasteiger partial charge in [0.05, 0.1) is 11.3 Å². The number of rotatable bonds is 6. The number of carbonyl (C=O) groups is 1. The molecule has 0 spiro atoms. The maximum atomic E-state index is 12.2. The summed E-state index contributed by atoms with van der Waals surface area (Å²) in [5.41, 5.74) is 2.19. The van der Waals surface area contributed by atoms with Crippen molar-refractivity contribution >= 4 is 11.6 Å². The highest BCUT2D eigenvalue weighted by atomic mass is 16.5. The monoisotopic (exact) mass is 289 g/mol. The van der Waals surface area contributed by atoms with Crippen molar-refractivity contribution in [3.8, 4) is 0 Å². The number of aryl methyl sites for hydroxylation is 2. The zero-order valence-electron chi connectivity index (χ0n) is 12.4. The van der Waals surface area contributed by atoms with Gasteiger partial charge in [0.1, 0.15) is 0 Å². The normalized spacial score (nSPS) is 10.4. The molecule has 1 amide bonds. The van der Waals surface area contributed by atoms with E-state index in [0.29, 0.717) is 30.2 Å². The van der Waals surface area contributed by atoms with Gasteiger partial charge in [0.25, 0.3) is 5.91 Å². The fourth-order valence-corrected chi connectivity index (χ4v) is 1.90. The van der Waals surface area contributed by atoms with Crippen molar-refractivity contribution in [2.75, 3.05) is 18.4 Å². The van der Waals surface area contributed by atoms with E-state index < -0.39 is 0 Å². The largest absolute Gasteiger partial charge is 0.385 e. The molecular weight excluding hydrogens is 270 g/mol. The van der Waals surface area contributed by atoms with Crippen LogP contribution in [0.2, 0.25) is 0 Å². The van der Waals surface area contributed by atoms with Crippen LogP contribution in [0.1, 0.15) is 34.7 Å². The molecule has 7 heteroatoms. The molecule has 2 N–H and O–H groups in total. The fraction of sp³-hybridized carbons (Fsp3) is 0.429. The minimum absolute atomic E-state index is 0.168. The molecule has 112 valence electrons. The van der Waals surface area contributed by atoms with E-state index in [1.165, 1.54) is 0 Å². The van der Waals surface area contributed by atoms with Gasteiger partial charge in [-0.05, 0) is 19.9 Å². The molecule has 21 heavy (non-hydrogen) atoms. The molecule has 0 aliphatic heterocycles. The van der Waals surface area contributed by atoms with Crippen LogP contribution in [0.25, 0.3) is 0 Å². The highest BCUT2D eigenvalue weighted by Gasteiger charge is 2.12. The zero-order valence-corrected chi connectivity index (χ0v) is 12.4. The Morgan fingerprint density at radius 3 is 2.86 bits per heavy atom. The summed E-state index contributed by atoms with van der Waals surface area (Å²) in [6, 6.07) is 1.86.